The number of hydrogen-bond donors (Lipinski definition) is 1. The largest absolute Gasteiger partial charge is 0.478 e. The van der Waals surface area contributed by atoms with Gasteiger partial charge in [0.05, 0.1) is 17.2 Å². The van der Waals surface area contributed by atoms with Crippen LogP contribution >= 0.6 is 11.3 Å². The Kier molecular flexibility index (Phi) is 3.88. The lowest BCUT2D eigenvalue weighted by Gasteiger charge is -2.05. The molecule has 0 saturated carbocycles. The summed E-state index contributed by atoms with van der Waals surface area (Å²) in [5.74, 6) is -0.971. The first kappa shape index (κ1) is 12.9. The van der Waals surface area contributed by atoms with Crippen LogP contribution in [0.2, 0.25) is 0 Å². The maximum absolute atomic E-state index is 11.2. The Hall–Kier alpha value is -1.53. The van der Waals surface area contributed by atoms with Gasteiger partial charge in [-0.3, -0.25) is 0 Å². The summed E-state index contributed by atoms with van der Waals surface area (Å²) < 4.78 is 5.02. The molecule has 0 amide bonds. The predicted octanol–water partition coefficient (Wildman–Crippen LogP) is 2.14. The SMILES string of the molecule is CCc1nc2c(CCOC)c(C(=O)O)cnc2s1. The van der Waals surface area contributed by atoms with Gasteiger partial charge in [0.1, 0.15) is 10.3 Å². The lowest BCUT2D eigenvalue weighted by Crippen LogP contribution is -2.07. The molecule has 2 aromatic heterocycles. The number of nitrogens with zero attached hydrogens (tertiary/aromatic N) is 2. The molecule has 0 fully saturated rings. The van der Waals surface area contributed by atoms with Crippen LogP contribution < -0.4 is 0 Å². The minimum absolute atomic E-state index is 0.215. The molecule has 1 N–H and O–H groups in total. The van der Waals surface area contributed by atoms with E-state index in [0.717, 1.165) is 16.3 Å². The second kappa shape index (κ2) is 5.41. The maximum atomic E-state index is 11.2. The van der Waals surface area contributed by atoms with E-state index in [0.29, 0.717) is 24.1 Å². The van der Waals surface area contributed by atoms with Crippen LogP contribution in [0.25, 0.3) is 10.3 Å². The molecule has 2 rings (SSSR count). The van der Waals surface area contributed by atoms with E-state index in [1.54, 1.807) is 7.11 Å². The summed E-state index contributed by atoms with van der Waals surface area (Å²) in [5.41, 5.74) is 1.63. The van der Waals surface area contributed by atoms with Gasteiger partial charge in [0.15, 0.2) is 0 Å². The number of pyridine rings is 1. The molecule has 6 heteroatoms. The average Bonchev–Trinajstić information content (AvgIpc) is 2.78. The Morgan fingerprint density at radius 1 is 1.56 bits per heavy atom. The molecule has 5 nitrogen and oxygen atoms in total. The topological polar surface area (TPSA) is 72.3 Å². The van der Waals surface area contributed by atoms with Crippen LogP contribution in [0.1, 0.15) is 27.9 Å². The van der Waals surface area contributed by atoms with Crippen molar-refractivity contribution in [3.63, 3.8) is 0 Å². The number of aromatic carboxylic acids is 1. The summed E-state index contributed by atoms with van der Waals surface area (Å²) in [7, 11) is 1.59. The molecule has 0 radical (unpaired) electrons. The number of carboxylic acids is 1. The van der Waals surface area contributed by atoms with Crippen LogP contribution in [0, 0.1) is 0 Å². The third kappa shape index (κ3) is 2.34. The molecular weight excluding hydrogens is 252 g/mol. The zero-order valence-electron chi connectivity index (χ0n) is 10.3. The molecule has 0 unspecified atom stereocenters. The van der Waals surface area contributed by atoms with E-state index in [1.807, 2.05) is 6.92 Å². The second-order valence-electron chi connectivity index (χ2n) is 3.81. The van der Waals surface area contributed by atoms with Gasteiger partial charge in [0, 0.05) is 13.3 Å². The Morgan fingerprint density at radius 3 is 2.94 bits per heavy atom. The van der Waals surface area contributed by atoms with E-state index in [4.69, 9.17) is 4.74 Å². The summed E-state index contributed by atoms with van der Waals surface area (Å²) in [4.78, 5) is 20.6. The Morgan fingerprint density at radius 2 is 2.33 bits per heavy atom. The quantitative estimate of drug-likeness (QED) is 0.897. The van der Waals surface area contributed by atoms with Crippen molar-refractivity contribution in [2.75, 3.05) is 13.7 Å². The minimum atomic E-state index is -0.971. The Balaban J connectivity index is 2.59. The van der Waals surface area contributed by atoms with Crippen LogP contribution in [-0.4, -0.2) is 34.8 Å². The zero-order valence-corrected chi connectivity index (χ0v) is 11.1. The number of aromatic nitrogens is 2. The highest BCUT2D eigenvalue weighted by Gasteiger charge is 2.17. The number of carboxylic acid groups (broad SMARTS) is 1. The first-order valence-electron chi connectivity index (χ1n) is 5.66. The van der Waals surface area contributed by atoms with Gasteiger partial charge >= 0.3 is 5.97 Å². The molecule has 0 spiro atoms. The van der Waals surface area contributed by atoms with Gasteiger partial charge in [-0.05, 0) is 18.4 Å². The number of hydrogen-bond acceptors (Lipinski definition) is 5. The van der Waals surface area contributed by atoms with Gasteiger partial charge in [-0.2, -0.15) is 0 Å². The molecule has 0 atom stereocenters. The van der Waals surface area contributed by atoms with Crippen molar-refractivity contribution in [1.29, 1.82) is 0 Å². The van der Waals surface area contributed by atoms with E-state index < -0.39 is 5.97 Å². The van der Waals surface area contributed by atoms with Gasteiger partial charge in [-0.25, -0.2) is 14.8 Å². The molecule has 18 heavy (non-hydrogen) atoms. The molecule has 0 aliphatic rings. The van der Waals surface area contributed by atoms with Crippen LogP contribution in [-0.2, 0) is 17.6 Å². The molecule has 0 aliphatic carbocycles. The molecule has 0 aliphatic heterocycles. The molecule has 96 valence electrons. The highest BCUT2D eigenvalue weighted by Crippen LogP contribution is 2.26. The zero-order chi connectivity index (χ0) is 13.1. The van der Waals surface area contributed by atoms with Crippen molar-refractivity contribution in [3.8, 4) is 0 Å². The highest BCUT2D eigenvalue weighted by atomic mass is 32.1. The van der Waals surface area contributed by atoms with Crippen molar-refractivity contribution in [1.82, 2.24) is 9.97 Å². The number of ether oxygens (including phenoxy) is 1. The van der Waals surface area contributed by atoms with E-state index in [2.05, 4.69) is 9.97 Å². The average molecular weight is 266 g/mol. The summed E-state index contributed by atoms with van der Waals surface area (Å²) in [6.45, 7) is 2.49. The van der Waals surface area contributed by atoms with E-state index in [-0.39, 0.29) is 5.56 Å². The first-order valence-corrected chi connectivity index (χ1v) is 6.48. The van der Waals surface area contributed by atoms with Gasteiger partial charge in [-0.15, -0.1) is 0 Å². The predicted molar refractivity (Wildman–Crippen MR) is 69.3 cm³/mol. The third-order valence-corrected chi connectivity index (χ3v) is 3.77. The third-order valence-electron chi connectivity index (χ3n) is 2.66. The molecule has 2 heterocycles. The monoisotopic (exact) mass is 266 g/mol. The fourth-order valence-corrected chi connectivity index (χ4v) is 2.64. The molecular formula is C12H14N2O3S. The Labute approximate surface area is 108 Å². The minimum Gasteiger partial charge on any atom is -0.478 e. The van der Waals surface area contributed by atoms with Crippen molar-refractivity contribution < 1.29 is 14.6 Å². The summed E-state index contributed by atoms with van der Waals surface area (Å²) in [6.07, 6.45) is 2.77. The van der Waals surface area contributed by atoms with Crippen molar-refractivity contribution in [2.45, 2.75) is 19.8 Å². The number of carbonyl (C=O) groups is 1. The molecule has 0 saturated heterocycles. The van der Waals surface area contributed by atoms with E-state index in [1.165, 1.54) is 17.5 Å². The molecule has 0 bridgehead atoms. The van der Waals surface area contributed by atoms with Crippen LogP contribution in [0.5, 0.6) is 0 Å². The number of thiazole rings is 1. The van der Waals surface area contributed by atoms with Crippen molar-refractivity contribution in [3.05, 3.63) is 22.3 Å². The van der Waals surface area contributed by atoms with Crippen LogP contribution in [0.4, 0.5) is 0 Å². The number of aryl methyl sites for hydroxylation is 1. The van der Waals surface area contributed by atoms with Gasteiger partial charge in [0.25, 0.3) is 0 Å². The number of methoxy groups -OCH3 is 1. The van der Waals surface area contributed by atoms with Crippen molar-refractivity contribution >= 4 is 27.7 Å². The Bertz CT molecular complexity index is 580. The molecule has 2 aromatic rings. The fraction of sp³-hybridized carbons (Fsp3) is 0.417. The van der Waals surface area contributed by atoms with E-state index >= 15 is 0 Å². The van der Waals surface area contributed by atoms with Gasteiger partial charge in [0.2, 0.25) is 0 Å². The maximum Gasteiger partial charge on any atom is 0.337 e. The number of rotatable bonds is 5. The number of fused-ring (bicyclic) bond motifs is 1. The summed E-state index contributed by atoms with van der Waals surface area (Å²) in [6, 6.07) is 0. The summed E-state index contributed by atoms with van der Waals surface area (Å²) in [5, 5.41) is 10.2. The normalized spacial score (nSPS) is 11.0. The van der Waals surface area contributed by atoms with Crippen molar-refractivity contribution in [2.24, 2.45) is 0 Å². The standard InChI is InChI=1S/C12H14N2O3S/c1-3-9-14-10-7(4-5-17-2)8(12(15)16)6-13-11(10)18-9/h6H,3-5H2,1-2H3,(H,15,16). The lowest BCUT2D eigenvalue weighted by molar-refractivity contribution is 0.0695. The van der Waals surface area contributed by atoms with Gasteiger partial charge in [-0.1, -0.05) is 18.3 Å². The van der Waals surface area contributed by atoms with E-state index in [9.17, 15) is 9.90 Å². The summed E-state index contributed by atoms with van der Waals surface area (Å²) >= 11 is 1.51. The molecule has 0 aromatic carbocycles. The smallest absolute Gasteiger partial charge is 0.337 e. The van der Waals surface area contributed by atoms with Crippen LogP contribution in [0.15, 0.2) is 6.20 Å². The van der Waals surface area contributed by atoms with Gasteiger partial charge < -0.3 is 9.84 Å². The first-order chi connectivity index (χ1) is 8.67. The van der Waals surface area contributed by atoms with Crippen LogP contribution in [0.3, 0.4) is 0 Å². The highest BCUT2D eigenvalue weighted by molar-refractivity contribution is 7.18. The lowest BCUT2D eigenvalue weighted by atomic mass is 10.1. The second-order valence-corrected chi connectivity index (χ2v) is 4.88. The fourth-order valence-electron chi connectivity index (χ4n) is 1.76.